The van der Waals surface area contributed by atoms with E-state index in [4.69, 9.17) is 11.6 Å². The van der Waals surface area contributed by atoms with Crippen LogP contribution in [-0.4, -0.2) is 15.7 Å². The van der Waals surface area contributed by atoms with Crippen LogP contribution in [0.4, 0.5) is 10.1 Å². The summed E-state index contributed by atoms with van der Waals surface area (Å²) >= 11 is 9.45. The zero-order chi connectivity index (χ0) is 18.8. The van der Waals surface area contributed by atoms with Crippen LogP contribution >= 0.6 is 27.5 Å². The number of rotatable bonds is 4. The molecule has 0 bridgehead atoms. The molecular weight excluding hydrogens is 421 g/mol. The Kier molecular flexibility index (Phi) is 5.44. The average Bonchev–Trinajstić information content (AvgIpc) is 2.86. The lowest BCUT2D eigenvalue weighted by Crippen LogP contribution is -2.13. The summed E-state index contributed by atoms with van der Waals surface area (Å²) in [7, 11) is 0. The van der Waals surface area contributed by atoms with Gasteiger partial charge in [0, 0.05) is 20.6 Å². The van der Waals surface area contributed by atoms with E-state index in [1.165, 1.54) is 6.07 Å². The lowest BCUT2D eigenvalue weighted by molar-refractivity contribution is 0.102. The third-order valence-corrected chi connectivity index (χ3v) is 4.98. The summed E-state index contributed by atoms with van der Waals surface area (Å²) in [6.45, 7) is 3.81. The third kappa shape index (κ3) is 3.81. The normalized spacial score (nSPS) is 10.8. The van der Waals surface area contributed by atoms with Crippen molar-refractivity contribution in [2.75, 3.05) is 5.32 Å². The zero-order valence-electron chi connectivity index (χ0n) is 14.2. The highest BCUT2D eigenvalue weighted by Crippen LogP contribution is 2.25. The van der Waals surface area contributed by atoms with E-state index < -0.39 is 0 Å². The van der Waals surface area contributed by atoms with Crippen LogP contribution in [0.2, 0.25) is 5.02 Å². The minimum absolute atomic E-state index is 0.187. The predicted molar refractivity (Wildman–Crippen MR) is 104 cm³/mol. The molecule has 0 aliphatic carbocycles. The molecule has 3 aromatic rings. The van der Waals surface area contributed by atoms with Crippen LogP contribution in [0.1, 0.15) is 27.3 Å². The second-order valence-electron chi connectivity index (χ2n) is 5.86. The molecule has 0 saturated heterocycles. The van der Waals surface area contributed by atoms with Crippen LogP contribution in [0.5, 0.6) is 0 Å². The van der Waals surface area contributed by atoms with Gasteiger partial charge in [-0.3, -0.25) is 9.48 Å². The molecule has 26 heavy (non-hydrogen) atoms. The van der Waals surface area contributed by atoms with Crippen molar-refractivity contribution in [2.45, 2.75) is 20.4 Å². The van der Waals surface area contributed by atoms with Crippen molar-refractivity contribution in [1.82, 2.24) is 9.78 Å². The molecule has 0 radical (unpaired) electrons. The summed E-state index contributed by atoms with van der Waals surface area (Å²) in [5.74, 6) is -0.613. The maximum atomic E-state index is 14.0. The van der Waals surface area contributed by atoms with Gasteiger partial charge >= 0.3 is 0 Å². The van der Waals surface area contributed by atoms with Crippen molar-refractivity contribution in [1.29, 1.82) is 0 Å². The number of aromatic nitrogens is 2. The van der Waals surface area contributed by atoms with Crippen molar-refractivity contribution in [3.63, 3.8) is 0 Å². The van der Waals surface area contributed by atoms with E-state index in [2.05, 4.69) is 26.3 Å². The smallest absolute Gasteiger partial charge is 0.255 e. The fourth-order valence-electron chi connectivity index (χ4n) is 2.65. The van der Waals surface area contributed by atoms with Crippen molar-refractivity contribution in [3.05, 3.63) is 80.3 Å². The molecule has 0 aliphatic heterocycles. The Balaban J connectivity index is 1.86. The van der Waals surface area contributed by atoms with E-state index in [0.29, 0.717) is 27.5 Å². The maximum Gasteiger partial charge on any atom is 0.255 e. The largest absolute Gasteiger partial charge is 0.319 e. The summed E-state index contributed by atoms with van der Waals surface area (Å²) in [5, 5.41) is 7.65. The Morgan fingerprint density at radius 3 is 2.58 bits per heavy atom. The molecule has 0 aliphatic rings. The molecule has 1 amide bonds. The number of benzene rings is 2. The fraction of sp³-hybridized carbons (Fsp3) is 0.158. The number of anilines is 1. The number of amides is 1. The Morgan fingerprint density at radius 1 is 1.23 bits per heavy atom. The summed E-state index contributed by atoms with van der Waals surface area (Å²) in [6, 6.07) is 11.6. The molecule has 1 heterocycles. The molecule has 0 atom stereocenters. The van der Waals surface area contributed by atoms with Gasteiger partial charge in [0.05, 0.1) is 23.6 Å². The molecule has 3 rings (SSSR count). The van der Waals surface area contributed by atoms with Crippen molar-refractivity contribution >= 4 is 39.1 Å². The molecule has 134 valence electrons. The number of carbonyl (C=O) groups is 1. The molecule has 0 fully saturated rings. The second-order valence-corrected chi connectivity index (χ2v) is 7.19. The van der Waals surface area contributed by atoms with Crippen LogP contribution in [0.25, 0.3) is 0 Å². The highest BCUT2D eigenvalue weighted by molar-refractivity contribution is 9.10. The molecule has 1 aromatic heterocycles. The van der Waals surface area contributed by atoms with E-state index in [9.17, 15) is 9.18 Å². The van der Waals surface area contributed by atoms with Gasteiger partial charge in [-0.1, -0.05) is 33.6 Å². The first-order chi connectivity index (χ1) is 12.4. The first kappa shape index (κ1) is 18.6. The van der Waals surface area contributed by atoms with Crippen LogP contribution in [0.3, 0.4) is 0 Å². The highest BCUT2D eigenvalue weighted by atomic mass is 79.9. The fourth-order valence-corrected chi connectivity index (χ4v) is 3.14. The van der Waals surface area contributed by atoms with Gasteiger partial charge in [-0.2, -0.15) is 5.10 Å². The van der Waals surface area contributed by atoms with Gasteiger partial charge in [-0.15, -0.1) is 0 Å². The van der Waals surface area contributed by atoms with Gasteiger partial charge in [0.25, 0.3) is 5.91 Å². The van der Waals surface area contributed by atoms with E-state index in [-0.39, 0.29) is 18.3 Å². The molecule has 0 spiro atoms. The highest BCUT2D eigenvalue weighted by Gasteiger charge is 2.17. The Hall–Kier alpha value is -2.18. The number of nitrogens with one attached hydrogen (secondary N) is 1. The lowest BCUT2D eigenvalue weighted by atomic mass is 10.2. The van der Waals surface area contributed by atoms with Gasteiger partial charge in [0.1, 0.15) is 5.82 Å². The molecule has 4 nitrogen and oxygen atoms in total. The van der Waals surface area contributed by atoms with Gasteiger partial charge < -0.3 is 5.32 Å². The van der Waals surface area contributed by atoms with Gasteiger partial charge in [-0.05, 0) is 50.2 Å². The zero-order valence-corrected chi connectivity index (χ0v) is 16.5. The summed E-state index contributed by atoms with van der Waals surface area (Å²) in [5.41, 5.74) is 2.90. The topological polar surface area (TPSA) is 46.9 Å². The summed E-state index contributed by atoms with van der Waals surface area (Å²) in [6.07, 6.45) is 0. The monoisotopic (exact) mass is 435 g/mol. The number of aryl methyl sites for hydroxylation is 1. The van der Waals surface area contributed by atoms with E-state index in [0.717, 1.165) is 10.2 Å². The van der Waals surface area contributed by atoms with Crippen molar-refractivity contribution in [3.8, 4) is 0 Å². The Bertz CT molecular complexity index is 949. The van der Waals surface area contributed by atoms with E-state index in [1.807, 2.05) is 6.92 Å². The quantitative estimate of drug-likeness (QED) is 0.599. The van der Waals surface area contributed by atoms with Gasteiger partial charge in [0.2, 0.25) is 0 Å². The van der Waals surface area contributed by atoms with Crippen LogP contribution in [0, 0.1) is 19.7 Å². The number of hydrogen-bond acceptors (Lipinski definition) is 2. The van der Waals surface area contributed by atoms with Crippen LogP contribution in [0.15, 0.2) is 46.9 Å². The molecule has 0 unspecified atom stereocenters. The van der Waals surface area contributed by atoms with E-state index in [1.54, 1.807) is 48.0 Å². The van der Waals surface area contributed by atoms with E-state index >= 15 is 0 Å². The van der Waals surface area contributed by atoms with Gasteiger partial charge in [0.15, 0.2) is 0 Å². The Labute approximate surface area is 164 Å². The average molecular weight is 437 g/mol. The molecule has 0 saturated carbocycles. The third-order valence-electron chi connectivity index (χ3n) is 4.10. The molecule has 1 N–H and O–H groups in total. The molecular formula is C19H16BrClFN3O. The lowest BCUT2D eigenvalue weighted by Gasteiger charge is -2.09. The maximum absolute atomic E-state index is 14.0. The predicted octanol–water partition coefficient (Wildman–Crippen LogP) is 5.36. The summed E-state index contributed by atoms with van der Waals surface area (Å²) in [4.78, 5) is 12.5. The minimum Gasteiger partial charge on any atom is -0.319 e. The SMILES string of the molecule is Cc1nn(Cc2c(F)cccc2Cl)c(C)c1NC(=O)c1ccc(Br)cc1. The van der Waals surface area contributed by atoms with Gasteiger partial charge in [-0.25, -0.2) is 4.39 Å². The number of carbonyl (C=O) groups excluding carboxylic acids is 1. The minimum atomic E-state index is -0.384. The molecule has 2 aromatic carbocycles. The van der Waals surface area contributed by atoms with Crippen LogP contribution in [-0.2, 0) is 6.54 Å². The van der Waals surface area contributed by atoms with Crippen molar-refractivity contribution in [2.24, 2.45) is 0 Å². The number of halogens is 3. The number of nitrogens with zero attached hydrogens (tertiary/aromatic N) is 2. The first-order valence-corrected chi connectivity index (χ1v) is 9.07. The first-order valence-electron chi connectivity index (χ1n) is 7.90. The summed E-state index contributed by atoms with van der Waals surface area (Å²) < 4.78 is 16.6. The standard InChI is InChI=1S/C19H16BrClFN3O/c1-11-18(23-19(26)13-6-8-14(20)9-7-13)12(2)25(24-11)10-15-16(21)4-3-5-17(15)22/h3-9H,10H2,1-2H3,(H,23,26). The van der Waals surface area contributed by atoms with Crippen molar-refractivity contribution < 1.29 is 9.18 Å². The van der Waals surface area contributed by atoms with Crippen LogP contribution < -0.4 is 5.32 Å². The Morgan fingerprint density at radius 2 is 1.92 bits per heavy atom. The number of hydrogen-bond donors (Lipinski definition) is 1. The molecule has 7 heteroatoms. The second kappa shape index (κ2) is 7.60.